The lowest BCUT2D eigenvalue weighted by molar-refractivity contribution is -0.121. The smallest absolute Gasteiger partial charge is 0.319 e. The van der Waals surface area contributed by atoms with Crippen LogP contribution in [0.2, 0.25) is 0 Å². The third kappa shape index (κ3) is 3.71. The minimum Gasteiger partial charge on any atom is -0.331 e. The van der Waals surface area contributed by atoms with Gasteiger partial charge in [0.25, 0.3) is 0 Å². The molecule has 1 fully saturated rings. The monoisotopic (exact) mass is 368 g/mol. The molecule has 0 aliphatic carbocycles. The molecule has 25 heavy (non-hydrogen) atoms. The molecule has 0 spiro atoms. The van der Waals surface area contributed by atoms with E-state index in [1.165, 1.54) is 11.0 Å². The number of amides is 3. The predicted octanol–water partition coefficient (Wildman–Crippen LogP) is 2.91. The van der Waals surface area contributed by atoms with Crippen LogP contribution in [0.4, 0.5) is 18.7 Å². The molecule has 1 unspecified atom stereocenters. The molecule has 1 aliphatic heterocycles. The molecular formula is C16H18F2N4O2S. The number of urea groups is 1. The van der Waals surface area contributed by atoms with Gasteiger partial charge in [0.15, 0.2) is 10.9 Å². The first kappa shape index (κ1) is 17.5. The Kier molecular flexibility index (Phi) is 4.85. The number of anilines is 1. The van der Waals surface area contributed by atoms with Crippen molar-refractivity contribution in [2.24, 2.45) is 5.92 Å². The fourth-order valence-corrected chi connectivity index (χ4v) is 3.77. The standard InChI is InChI=1S/C16H18F2N4O2S/c1-21(2)16(24)22-5-3-4-9(8-22)14(23)20-15-19-13-11(18)6-10(17)7-12(13)25-15/h6-7,9H,3-5,8H2,1-2H3,(H,19,20,23). The summed E-state index contributed by atoms with van der Waals surface area (Å²) in [4.78, 5) is 31.7. The highest BCUT2D eigenvalue weighted by Crippen LogP contribution is 2.29. The average molecular weight is 368 g/mol. The molecule has 0 bridgehead atoms. The van der Waals surface area contributed by atoms with Crippen LogP contribution in [0.3, 0.4) is 0 Å². The summed E-state index contributed by atoms with van der Waals surface area (Å²) < 4.78 is 27.3. The number of thiazole rings is 1. The number of nitrogens with zero attached hydrogens (tertiary/aromatic N) is 3. The second-order valence-corrected chi connectivity index (χ2v) is 7.24. The van der Waals surface area contributed by atoms with Crippen molar-refractivity contribution in [3.05, 3.63) is 23.8 Å². The molecule has 2 aromatic rings. The highest BCUT2D eigenvalue weighted by Gasteiger charge is 2.29. The van der Waals surface area contributed by atoms with E-state index in [2.05, 4.69) is 10.3 Å². The number of carbonyl (C=O) groups excluding carboxylic acids is 2. The SMILES string of the molecule is CN(C)C(=O)N1CCCC(C(=O)Nc2nc3c(F)cc(F)cc3s2)C1. The van der Waals surface area contributed by atoms with Gasteiger partial charge in [-0.15, -0.1) is 0 Å². The van der Waals surface area contributed by atoms with Gasteiger partial charge in [0.05, 0.1) is 10.6 Å². The Bertz CT molecular complexity index is 824. The van der Waals surface area contributed by atoms with Gasteiger partial charge < -0.3 is 15.1 Å². The Balaban J connectivity index is 1.71. The van der Waals surface area contributed by atoms with Crippen LogP contribution in [0.1, 0.15) is 12.8 Å². The van der Waals surface area contributed by atoms with Gasteiger partial charge in [-0.3, -0.25) is 4.79 Å². The number of halogens is 2. The lowest BCUT2D eigenvalue weighted by atomic mass is 9.97. The summed E-state index contributed by atoms with van der Waals surface area (Å²) in [6, 6.07) is 1.82. The molecule has 3 rings (SSSR count). The van der Waals surface area contributed by atoms with Crippen LogP contribution in [-0.2, 0) is 4.79 Å². The first-order valence-corrected chi connectivity index (χ1v) is 8.69. The third-order valence-electron chi connectivity index (χ3n) is 4.09. The summed E-state index contributed by atoms with van der Waals surface area (Å²) in [6.07, 6.45) is 1.40. The second-order valence-electron chi connectivity index (χ2n) is 6.20. The predicted molar refractivity (Wildman–Crippen MR) is 91.5 cm³/mol. The van der Waals surface area contributed by atoms with Crippen molar-refractivity contribution in [3.8, 4) is 0 Å². The molecule has 134 valence electrons. The maximum atomic E-state index is 13.7. The number of piperidine rings is 1. The normalized spacial score (nSPS) is 17.6. The molecule has 9 heteroatoms. The molecule has 0 saturated carbocycles. The van der Waals surface area contributed by atoms with Gasteiger partial charge in [-0.2, -0.15) is 0 Å². The van der Waals surface area contributed by atoms with Gasteiger partial charge in [0.1, 0.15) is 11.3 Å². The Labute approximate surface area is 147 Å². The number of nitrogens with one attached hydrogen (secondary N) is 1. The van der Waals surface area contributed by atoms with E-state index in [9.17, 15) is 18.4 Å². The van der Waals surface area contributed by atoms with E-state index in [0.29, 0.717) is 24.2 Å². The first-order valence-electron chi connectivity index (χ1n) is 7.88. The number of aromatic nitrogens is 1. The van der Waals surface area contributed by atoms with Gasteiger partial charge in [-0.25, -0.2) is 18.6 Å². The van der Waals surface area contributed by atoms with E-state index in [4.69, 9.17) is 0 Å². The third-order valence-corrected chi connectivity index (χ3v) is 5.01. The minimum atomic E-state index is -0.757. The van der Waals surface area contributed by atoms with Crippen molar-refractivity contribution >= 4 is 38.6 Å². The van der Waals surface area contributed by atoms with E-state index < -0.39 is 11.6 Å². The number of hydrogen-bond donors (Lipinski definition) is 1. The maximum absolute atomic E-state index is 13.7. The van der Waals surface area contributed by atoms with E-state index in [1.807, 2.05) is 0 Å². The minimum absolute atomic E-state index is 0.0368. The zero-order valence-electron chi connectivity index (χ0n) is 13.9. The number of benzene rings is 1. The molecule has 2 heterocycles. The largest absolute Gasteiger partial charge is 0.331 e. The zero-order valence-corrected chi connectivity index (χ0v) is 14.7. The summed E-state index contributed by atoms with van der Waals surface area (Å²) in [5, 5.41) is 2.89. The lowest BCUT2D eigenvalue weighted by Crippen LogP contribution is -2.47. The summed E-state index contributed by atoms with van der Waals surface area (Å²) in [6.45, 7) is 0.948. The molecule has 6 nitrogen and oxygen atoms in total. The molecule has 1 aromatic carbocycles. The summed E-state index contributed by atoms with van der Waals surface area (Å²) in [7, 11) is 3.33. The molecular weight excluding hydrogens is 350 g/mol. The molecule has 0 radical (unpaired) electrons. The maximum Gasteiger partial charge on any atom is 0.319 e. The Morgan fingerprint density at radius 2 is 2.12 bits per heavy atom. The van der Waals surface area contributed by atoms with Crippen LogP contribution in [0.15, 0.2) is 12.1 Å². The van der Waals surface area contributed by atoms with Crippen molar-refractivity contribution in [2.75, 3.05) is 32.5 Å². The average Bonchev–Trinajstić information content (AvgIpc) is 2.96. The first-order chi connectivity index (χ1) is 11.8. The highest BCUT2D eigenvalue weighted by molar-refractivity contribution is 7.22. The van der Waals surface area contributed by atoms with E-state index in [0.717, 1.165) is 23.8 Å². The zero-order chi connectivity index (χ0) is 18.1. The molecule has 1 aliphatic rings. The quantitative estimate of drug-likeness (QED) is 0.886. The van der Waals surface area contributed by atoms with Gasteiger partial charge >= 0.3 is 6.03 Å². The van der Waals surface area contributed by atoms with Crippen LogP contribution >= 0.6 is 11.3 Å². The van der Waals surface area contributed by atoms with Crippen molar-refractivity contribution in [2.45, 2.75) is 12.8 Å². The molecule has 3 amide bonds. The van der Waals surface area contributed by atoms with Gasteiger partial charge in [-0.05, 0) is 18.9 Å². The fraction of sp³-hybridized carbons (Fsp3) is 0.438. The lowest BCUT2D eigenvalue weighted by Gasteiger charge is -2.33. The Morgan fingerprint density at radius 3 is 2.84 bits per heavy atom. The van der Waals surface area contributed by atoms with Crippen LogP contribution < -0.4 is 5.32 Å². The highest BCUT2D eigenvalue weighted by atomic mass is 32.1. The van der Waals surface area contributed by atoms with Crippen molar-refractivity contribution in [3.63, 3.8) is 0 Å². The number of carbonyl (C=O) groups is 2. The number of hydrogen-bond acceptors (Lipinski definition) is 4. The summed E-state index contributed by atoms with van der Waals surface area (Å²) >= 11 is 1.02. The number of rotatable bonds is 2. The van der Waals surface area contributed by atoms with Crippen molar-refractivity contribution in [1.82, 2.24) is 14.8 Å². The topological polar surface area (TPSA) is 65.5 Å². The van der Waals surface area contributed by atoms with Crippen LogP contribution in [0, 0.1) is 17.6 Å². The number of fused-ring (bicyclic) bond motifs is 1. The van der Waals surface area contributed by atoms with Gasteiger partial charge in [0.2, 0.25) is 5.91 Å². The van der Waals surface area contributed by atoms with Crippen LogP contribution in [0.5, 0.6) is 0 Å². The van der Waals surface area contributed by atoms with Crippen LogP contribution in [-0.4, -0.2) is 53.9 Å². The summed E-state index contributed by atoms with van der Waals surface area (Å²) in [5.41, 5.74) is 0.0368. The van der Waals surface area contributed by atoms with Crippen molar-refractivity contribution < 1.29 is 18.4 Å². The van der Waals surface area contributed by atoms with Crippen LogP contribution in [0.25, 0.3) is 10.2 Å². The van der Waals surface area contributed by atoms with Crippen molar-refractivity contribution in [1.29, 1.82) is 0 Å². The Hall–Kier alpha value is -2.29. The van der Waals surface area contributed by atoms with E-state index >= 15 is 0 Å². The molecule has 1 N–H and O–H groups in total. The Morgan fingerprint density at radius 1 is 1.36 bits per heavy atom. The van der Waals surface area contributed by atoms with Gasteiger partial charge in [0, 0.05) is 33.3 Å². The summed E-state index contributed by atoms with van der Waals surface area (Å²) in [5.74, 6) is -2.06. The second kappa shape index (κ2) is 6.91. The molecule has 1 atom stereocenters. The number of likely N-dealkylation sites (tertiary alicyclic amines) is 1. The molecule has 1 aromatic heterocycles. The van der Waals surface area contributed by atoms with Gasteiger partial charge in [-0.1, -0.05) is 11.3 Å². The van der Waals surface area contributed by atoms with E-state index in [1.54, 1.807) is 19.0 Å². The van der Waals surface area contributed by atoms with E-state index in [-0.39, 0.29) is 28.5 Å². The molecule has 1 saturated heterocycles. The fourth-order valence-electron chi connectivity index (χ4n) is 2.87.